The van der Waals surface area contributed by atoms with Crippen molar-refractivity contribution in [2.45, 2.75) is 44.9 Å². The Hall–Kier alpha value is -3.15. The van der Waals surface area contributed by atoms with Gasteiger partial charge in [-0.2, -0.15) is 0 Å². The van der Waals surface area contributed by atoms with Gasteiger partial charge < -0.3 is 14.9 Å². The van der Waals surface area contributed by atoms with Gasteiger partial charge in [0, 0.05) is 25.6 Å². The predicted molar refractivity (Wildman–Crippen MR) is 104 cm³/mol. The molecule has 0 saturated heterocycles. The number of rotatable bonds is 3. The van der Waals surface area contributed by atoms with E-state index in [2.05, 4.69) is 25.1 Å². The van der Waals surface area contributed by atoms with E-state index < -0.39 is 12.0 Å². The number of carboxylic acids is 1. The van der Waals surface area contributed by atoms with E-state index in [0.717, 1.165) is 30.5 Å². The minimum Gasteiger partial charge on any atom is -0.480 e. The zero-order chi connectivity index (χ0) is 20.1. The van der Waals surface area contributed by atoms with Crippen molar-refractivity contribution in [3.8, 4) is 0 Å². The van der Waals surface area contributed by atoms with Crippen molar-refractivity contribution < 1.29 is 19.5 Å². The molecule has 2 aliphatic heterocycles. The van der Waals surface area contributed by atoms with Crippen LogP contribution in [0.4, 0.5) is 0 Å². The third kappa shape index (κ3) is 4.22. The van der Waals surface area contributed by atoms with Crippen molar-refractivity contribution in [2.75, 3.05) is 0 Å². The number of aliphatic carboxylic acids is 1. The molecule has 2 heterocycles. The quantitative estimate of drug-likeness (QED) is 0.829. The van der Waals surface area contributed by atoms with Crippen molar-refractivity contribution in [1.82, 2.24) is 9.80 Å². The number of hydrogen-bond acceptors (Lipinski definition) is 3. The lowest BCUT2D eigenvalue weighted by atomic mass is 9.94. The van der Waals surface area contributed by atoms with Crippen LogP contribution in [0.25, 0.3) is 0 Å². The Kier molecular flexibility index (Phi) is 6.09. The van der Waals surface area contributed by atoms with Crippen molar-refractivity contribution in [3.63, 3.8) is 0 Å². The van der Waals surface area contributed by atoms with E-state index in [0.29, 0.717) is 25.4 Å². The minimum atomic E-state index is -0.948. The lowest BCUT2D eigenvalue weighted by Gasteiger charge is -2.31. The molecule has 0 unspecified atom stereocenters. The molecule has 28 heavy (non-hydrogen) atoms. The molecule has 2 atom stereocenters. The average molecular weight is 380 g/mol. The Morgan fingerprint density at radius 3 is 1.82 bits per heavy atom. The molecular weight excluding hydrogens is 356 g/mol. The summed E-state index contributed by atoms with van der Waals surface area (Å²) in [6.07, 6.45) is 2.93. The minimum absolute atomic E-state index is 0.340. The van der Waals surface area contributed by atoms with Gasteiger partial charge >= 0.3 is 5.97 Å². The Balaban J connectivity index is 0.000000162. The molecule has 2 aromatic carbocycles. The van der Waals surface area contributed by atoms with Crippen LogP contribution in [0.15, 0.2) is 48.5 Å². The van der Waals surface area contributed by atoms with Gasteiger partial charge in [0.05, 0.1) is 0 Å². The zero-order valence-corrected chi connectivity index (χ0v) is 15.8. The van der Waals surface area contributed by atoms with Gasteiger partial charge in [0.1, 0.15) is 6.04 Å². The van der Waals surface area contributed by atoms with Gasteiger partial charge in [-0.3, -0.25) is 9.59 Å². The zero-order valence-electron chi connectivity index (χ0n) is 15.8. The van der Waals surface area contributed by atoms with Gasteiger partial charge in [-0.25, -0.2) is 4.79 Å². The summed E-state index contributed by atoms with van der Waals surface area (Å²) < 4.78 is 0. The van der Waals surface area contributed by atoms with Crippen molar-refractivity contribution in [1.29, 1.82) is 0 Å². The Morgan fingerprint density at radius 2 is 1.32 bits per heavy atom. The molecule has 2 amide bonds. The van der Waals surface area contributed by atoms with Crippen LogP contribution in [0.2, 0.25) is 0 Å². The Labute approximate surface area is 164 Å². The third-order valence-electron chi connectivity index (χ3n) is 5.39. The number of amides is 2. The fraction of sp³-hybridized carbons (Fsp3) is 0.318. The predicted octanol–water partition coefficient (Wildman–Crippen LogP) is 2.24. The van der Waals surface area contributed by atoms with Crippen molar-refractivity contribution in [3.05, 3.63) is 70.8 Å². The molecule has 1 N–H and O–H groups in total. The highest BCUT2D eigenvalue weighted by Gasteiger charge is 2.30. The second-order valence-electron chi connectivity index (χ2n) is 7.20. The summed E-state index contributed by atoms with van der Waals surface area (Å²) in [6.45, 7) is 3.24. The number of nitrogens with zero attached hydrogens (tertiary/aromatic N) is 2. The van der Waals surface area contributed by atoms with Crippen LogP contribution in [0.1, 0.15) is 29.2 Å². The van der Waals surface area contributed by atoms with E-state index in [9.17, 15) is 14.4 Å². The number of carbonyl (C=O) groups is 3. The number of hydrogen-bond donors (Lipinski definition) is 1. The van der Waals surface area contributed by atoms with Crippen LogP contribution < -0.4 is 0 Å². The molecule has 0 radical (unpaired) electrons. The highest BCUT2D eigenvalue weighted by molar-refractivity contribution is 5.77. The molecule has 0 saturated carbocycles. The van der Waals surface area contributed by atoms with Gasteiger partial charge in [0.25, 0.3) is 0 Å². The normalized spacial score (nSPS) is 20.2. The third-order valence-corrected chi connectivity index (χ3v) is 5.39. The number of benzene rings is 2. The summed E-state index contributed by atoms with van der Waals surface area (Å²) in [4.78, 5) is 35.6. The van der Waals surface area contributed by atoms with Crippen molar-refractivity contribution in [2.24, 2.45) is 0 Å². The number of carbonyl (C=O) groups excluding carboxylic acids is 2. The topological polar surface area (TPSA) is 77.9 Å². The average Bonchev–Trinajstić information content (AvgIpc) is 2.72. The lowest BCUT2D eigenvalue weighted by molar-refractivity contribution is -0.147. The second-order valence-corrected chi connectivity index (χ2v) is 7.20. The van der Waals surface area contributed by atoms with Crippen LogP contribution in [0.3, 0.4) is 0 Å². The lowest BCUT2D eigenvalue weighted by Crippen LogP contribution is -2.44. The summed E-state index contributed by atoms with van der Waals surface area (Å²) >= 11 is 0. The molecule has 2 aromatic rings. The highest BCUT2D eigenvalue weighted by atomic mass is 16.4. The Morgan fingerprint density at radius 1 is 0.857 bits per heavy atom. The SMILES string of the molecule is C[C@@H]1Cc2ccccc2CN1C=O.O=CN1Cc2ccccc2C[C@H]1C(=O)O. The van der Waals surface area contributed by atoms with E-state index >= 15 is 0 Å². The van der Waals surface area contributed by atoms with Crippen LogP contribution in [-0.2, 0) is 40.3 Å². The summed E-state index contributed by atoms with van der Waals surface area (Å²) in [5, 5.41) is 8.96. The van der Waals surface area contributed by atoms with Crippen LogP contribution >= 0.6 is 0 Å². The van der Waals surface area contributed by atoms with Gasteiger partial charge in [-0.15, -0.1) is 0 Å². The molecular formula is C22H24N2O4. The standard InChI is InChI=1S/C11H11NO3.C11H13NO/c13-7-12-6-9-4-2-1-3-8(9)5-10(12)11(14)15;1-9-6-10-4-2-3-5-11(10)7-12(9)8-13/h1-4,7,10H,5-6H2,(H,14,15);2-5,8-9H,6-7H2,1H3/t10-;9-/m01/s1. The molecule has 146 valence electrons. The number of fused-ring (bicyclic) bond motifs is 2. The van der Waals surface area contributed by atoms with Gasteiger partial charge in [-0.05, 0) is 35.6 Å². The van der Waals surface area contributed by atoms with E-state index in [1.54, 1.807) is 0 Å². The first-order valence-corrected chi connectivity index (χ1v) is 9.32. The smallest absolute Gasteiger partial charge is 0.326 e. The maximum absolute atomic E-state index is 10.9. The molecule has 0 aromatic heterocycles. The summed E-state index contributed by atoms with van der Waals surface area (Å²) in [7, 11) is 0. The van der Waals surface area contributed by atoms with Crippen LogP contribution in [0.5, 0.6) is 0 Å². The second kappa shape index (κ2) is 8.69. The molecule has 6 heteroatoms. The van der Waals surface area contributed by atoms with E-state index in [-0.39, 0.29) is 0 Å². The molecule has 6 nitrogen and oxygen atoms in total. The molecule has 0 spiro atoms. The van der Waals surface area contributed by atoms with Crippen LogP contribution in [0, 0.1) is 0 Å². The fourth-order valence-electron chi connectivity index (χ4n) is 3.72. The van der Waals surface area contributed by atoms with E-state index in [1.807, 2.05) is 35.2 Å². The molecule has 0 aliphatic carbocycles. The first-order chi connectivity index (χ1) is 13.5. The first-order valence-electron chi connectivity index (χ1n) is 9.32. The van der Waals surface area contributed by atoms with Crippen molar-refractivity contribution >= 4 is 18.8 Å². The summed E-state index contributed by atoms with van der Waals surface area (Å²) in [5.41, 5.74) is 4.71. The highest BCUT2D eigenvalue weighted by Crippen LogP contribution is 2.22. The molecule has 4 rings (SSSR count). The maximum Gasteiger partial charge on any atom is 0.326 e. The Bertz CT molecular complexity index is 867. The van der Waals surface area contributed by atoms with Gasteiger partial charge in [0.2, 0.25) is 12.8 Å². The van der Waals surface area contributed by atoms with Gasteiger partial charge in [-0.1, -0.05) is 48.5 Å². The molecule has 0 bridgehead atoms. The molecule has 2 aliphatic rings. The summed E-state index contributed by atoms with van der Waals surface area (Å²) in [6, 6.07) is 15.5. The van der Waals surface area contributed by atoms with E-state index in [4.69, 9.17) is 5.11 Å². The van der Waals surface area contributed by atoms with Crippen LogP contribution in [-0.4, -0.2) is 45.8 Å². The van der Waals surface area contributed by atoms with Gasteiger partial charge in [0.15, 0.2) is 0 Å². The summed E-state index contributed by atoms with van der Waals surface area (Å²) in [5.74, 6) is -0.948. The molecule has 0 fully saturated rings. The monoisotopic (exact) mass is 380 g/mol. The largest absolute Gasteiger partial charge is 0.480 e. The van der Waals surface area contributed by atoms with E-state index in [1.165, 1.54) is 16.0 Å². The fourth-order valence-corrected chi connectivity index (χ4v) is 3.72. The first kappa shape index (κ1) is 19.6. The number of carboxylic acid groups (broad SMARTS) is 1. The maximum atomic E-state index is 10.9.